The Morgan fingerprint density at radius 1 is 1.09 bits per heavy atom. The molecule has 1 aliphatic rings. The quantitative estimate of drug-likeness (QED) is 0.399. The first-order valence-electron chi connectivity index (χ1n) is 10.9. The van der Waals surface area contributed by atoms with E-state index in [0.717, 1.165) is 49.7 Å². The van der Waals surface area contributed by atoms with Gasteiger partial charge in [0.2, 0.25) is 0 Å². The molecule has 33 heavy (non-hydrogen) atoms. The summed E-state index contributed by atoms with van der Waals surface area (Å²) in [6.45, 7) is 6.10. The zero-order chi connectivity index (χ0) is 22.9. The van der Waals surface area contributed by atoms with Gasteiger partial charge in [-0.15, -0.1) is 0 Å². The van der Waals surface area contributed by atoms with Gasteiger partial charge in [0, 0.05) is 30.9 Å². The monoisotopic (exact) mass is 448 g/mol. The number of nitrogens with zero attached hydrogens (tertiary/aromatic N) is 3. The van der Waals surface area contributed by atoms with E-state index in [1.807, 2.05) is 12.1 Å². The van der Waals surface area contributed by atoms with Crippen molar-refractivity contribution in [1.29, 1.82) is 0 Å². The van der Waals surface area contributed by atoms with Crippen molar-refractivity contribution < 1.29 is 9.53 Å². The first-order valence-corrected chi connectivity index (χ1v) is 10.9. The number of aromatic amines is 2. The molecule has 0 aliphatic carbocycles. The zero-order valence-electron chi connectivity index (χ0n) is 18.2. The molecule has 10 nitrogen and oxygen atoms in total. The van der Waals surface area contributed by atoms with E-state index in [1.54, 1.807) is 31.2 Å². The normalized spacial score (nSPS) is 14.7. The van der Waals surface area contributed by atoms with Gasteiger partial charge in [-0.25, -0.2) is 4.98 Å². The lowest BCUT2D eigenvalue weighted by molar-refractivity contribution is 0.0332. The lowest BCUT2D eigenvalue weighted by Crippen LogP contribution is -2.36. The highest BCUT2D eigenvalue weighted by molar-refractivity contribution is 6.06. The van der Waals surface area contributed by atoms with Crippen LogP contribution < -0.4 is 16.4 Å². The van der Waals surface area contributed by atoms with Crippen LogP contribution in [0.5, 0.6) is 0 Å². The number of fused-ring (bicyclic) bond motifs is 2. The zero-order valence-corrected chi connectivity index (χ0v) is 18.2. The molecule has 5 rings (SSSR count). The molecule has 170 valence electrons. The molecule has 2 aromatic carbocycles. The summed E-state index contributed by atoms with van der Waals surface area (Å²) in [6.07, 6.45) is 0. The molecule has 0 unspecified atom stereocenters. The number of H-pyrrole nitrogens is 2. The number of hydrogen-bond acceptors (Lipinski definition) is 6. The van der Waals surface area contributed by atoms with E-state index in [4.69, 9.17) is 4.74 Å². The highest BCUT2D eigenvalue weighted by Crippen LogP contribution is 2.20. The van der Waals surface area contributed by atoms with Crippen molar-refractivity contribution in [3.63, 3.8) is 0 Å². The smallest absolute Gasteiger partial charge is 0.316 e. The Labute approximate surface area is 188 Å². The maximum Gasteiger partial charge on any atom is 0.316 e. The number of morpholine rings is 1. The minimum atomic E-state index is -0.709. The Hall–Kier alpha value is -3.76. The molecule has 1 aliphatic heterocycles. The van der Waals surface area contributed by atoms with E-state index in [9.17, 15) is 14.4 Å². The number of aromatic nitrogens is 4. The van der Waals surface area contributed by atoms with Crippen LogP contribution in [0.15, 0.2) is 46.0 Å². The number of anilines is 1. The lowest BCUT2D eigenvalue weighted by Gasteiger charge is -2.25. The summed E-state index contributed by atoms with van der Waals surface area (Å²) < 4.78 is 6.77. The van der Waals surface area contributed by atoms with Crippen molar-refractivity contribution >= 4 is 33.7 Å². The molecule has 10 heteroatoms. The highest BCUT2D eigenvalue weighted by Gasteiger charge is 2.14. The van der Waals surface area contributed by atoms with E-state index >= 15 is 0 Å². The third-order valence-electron chi connectivity index (χ3n) is 5.82. The molecule has 0 atom stereocenters. The molecule has 1 amide bonds. The summed E-state index contributed by atoms with van der Waals surface area (Å²) in [5, 5.41) is 2.89. The molecule has 1 fully saturated rings. The summed E-state index contributed by atoms with van der Waals surface area (Å²) in [5.74, 6) is 0.551. The van der Waals surface area contributed by atoms with Gasteiger partial charge < -0.3 is 24.6 Å². The van der Waals surface area contributed by atoms with E-state index in [2.05, 4.69) is 25.2 Å². The van der Waals surface area contributed by atoms with E-state index < -0.39 is 11.1 Å². The van der Waals surface area contributed by atoms with Gasteiger partial charge in [0.25, 0.3) is 5.91 Å². The predicted molar refractivity (Wildman–Crippen MR) is 125 cm³/mol. The lowest BCUT2D eigenvalue weighted by atomic mass is 10.1. The maximum atomic E-state index is 12.9. The SMILES string of the molecule is CCn1c(=O)c(=O)[nH]c2cc(C(=O)Nc3ccc4nc(CN5CCOCC5)[nH]c4c3)ccc21. The number of benzene rings is 2. The van der Waals surface area contributed by atoms with Gasteiger partial charge in [0.05, 0.1) is 41.8 Å². The number of imidazole rings is 1. The number of hydrogen-bond donors (Lipinski definition) is 3. The minimum absolute atomic E-state index is 0.320. The summed E-state index contributed by atoms with van der Waals surface area (Å²) in [7, 11) is 0. The summed E-state index contributed by atoms with van der Waals surface area (Å²) in [6, 6.07) is 10.4. The van der Waals surface area contributed by atoms with E-state index in [0.29, 0.717) is 28.8 Å². The number of ether oxygens (including phenoxy) is 1. The minimum Gasteiger partial charge on any atom is -0.379 e. The first kappa shape index (κ1) is 21.1. The van der Waals surface area contributed by atoms with Crippen molar-refractivity contribution in [2.75, 3.05) is 31.6 Å². The van der Waals surface area contributed by atoms with Gasteiger partial charge in [-0.05, 0) is 43.3 Å². The second kappa shape index (κ2) is 8.64. The van der Waals surface area contributed by atoms with Crippen LogP contribution in [-0.4, -0.2) is 56.6 Å². The van der Waals surface area contributed by atoms with Crippen molar-refractivity contribution in [2.45, 2.75) is 20.0 Å². The molecule has 4 aromatic rings. The number of nitrogens with one attached hydrogen (secondary N) is 3. The van der Waals surface area contributed by atoms with E-state index in [1.165, 1.54) is 4.57 Å². The molecule has 0 saturated carbocycles. The van der Waals surface area contributed by atoms with Crippen molar-refractivity contribution in [1.82, 2.24) is 24.4 Å². The third kappa shape index (κ3) is 4.18. The summed E-state index contributed by atoms with van der Waals surface area (Å²) >= 11 is 0. The molecule has 0 radical (unpaired) electrons. The molecular weight excluding hydrogens is 424 g/mol. The Balaban J connectivity index is 1.37. The Morgan fingerprint density at radius 3 is 2.70 bits per heavy atom. The second-order valence-corrected chi connectivity index (χ2v) is 7.99. The maximum absolute atomic E-state index is 12.9. The molecule has 2 aromatic heterocycles. The largest absolute Gasteiger partial charge is 0.379 e. The van der Waals surface area contributed by atoms with E-state index in [-0.39, 0.29) is 5.91 Å². The Kier molecular flexibility index (Phi) is 5.53. The average Bonchev–Trinajstić information content (AvgIpc) is 3.21. The summed E-state index contributed by atoms with van der Waals surface area (Å²) in [4.78, 5) is 49.6. The van der Waals surface area contributed by atoms with Crippen LogP contribution in [0.4, 0.5) is 5.69 Å². The molecule has 3 N–H and O–H groups in total. The number of carbonyl (C=O) groups is 1. The third-order valence-corrected chi connectivity index (χ3v) is 5.82. The number of aryl methyl sites for hydroxylation is 1. The fourth-order valence-electron chi connectivity index (χ4n) is 4.12. The first-order chi connectivity index (χ1) is 16.0. The topological polar surface area (TPSA) is 125 Å². The average molecular weight is 448 g/mol. The highest BCUT2D eigenvalue weighted by atomic mass is 16.5. The number of amides is 1. The predicted octanol–water partition coefficient (Wildman–Crippen LogP) is 1.67. The Morgan fingerprint density at radius 2 is 1.91 bits per heavy atom. The molecule has 0 bridgehead atoms. The van der Waals surface area contributed by atoms with Crippen LogP contribution in [0.25, 0.3) is 22.1 Å². The van der Waals surface area contributed by atoms with Crippen LogP contribution in [0.2, 0.25) is 0 Å². The second-order valence-electron chi connectivity index (χ2n) is 7.99. The van der Waals surface area contributed by atoms with Gasteiger partial charge in [-0.2, -0.15) is 0 Å². The van der Waals surface area contributed by atoms with Crippen LogP contribution in [0, 0.1) is 0 Å². The Bertz CT molecular complexity index is 1460. The summed E-state index contributed by atoms with van der Waals surface area (Å²) in [5.41, 5.74) is 2.36. The van der Waals surface area contributed by atoms with Gasteiger partial charge in [-0.1, -0.05) is 0 Å². The van der Waals surface area contributed by atoms with Gasteiger partial charge in [-0.3, -0.25) is 19.3 Å². The standard InChI is InChI=1S/C23H24N6O4/c1-2-29-19-6-3-14(11-18(19)27-22(31)23(29)32)21(30)24-15-4-5-16-17(12-15)26-20(25-16)13-28-7-9-33-10-8-28/h3-6,11-12H,2,7-10,13H2,1H3,(H,24,30)(H,25,26)(H,27,31). The fraction of sp³-hybridized carbons (Fsp3) is 0.304. The van der Waals surface area contributed by atoms with Crippen molar-refractivity contribution in [3.8, 4) is 0 Å². The van der Waals surface area contributed by atoms with Crippen LogP contribution in [-0.2, 0) is 17.8 Å². The van der Waals surface area contributed by atoms with Crippen LogP contribution >= 0.6 is 0 Å². The van der Waals surface area contributed by atoms with Gasteiger partial charge >= 0.3 is 11.1 Å². The number of carbonyl (C=O) groups excluding carboxylic acids is 1. The molecule has 3 heterocycles. The molecule has 1 saturated heterocycles. The van der Waals surface area contributed by atoms with Gasteiger partial charge in [0.1, 0.15) is 5.82 Å². The van der Waals surface area contributed by atoms with Crippen molar-refractivity contribution in [3.05, 3.63) is 68.5 Å². The molecule has 0 spiro atoms. The molecular formula is C23H24N6O4. The van der Waals surface area contributed by atoms with Gasteiger partial charge in [0.15, 0.2) is 0 Å². The van der Waals surface area contributed by atoms with Crippen molar-refractivity contribution in [2.24, 2.45) is 0 Å². The number of rotatable bonds is 5. The van der Waals surface area contributed by atoms with Crippen LogP contribution in [0.3, 0.4) is 0 Å². The van der Waals surface area contributed by atoms with Crippen LogP contribution in [0.1, 0.15) is 23.1 Å². The fourth-order valence-corrected chi connectivity index (χ4v) is 4.12.